The maximum absolute atomic E-state index is 14.1. The highest BCUT2D eigenvalue weighted by atomic mass is 16.5. The summed E-state index contributed by atoms with van der Waals surface area (Å²) in [6, 6.07) is 22.1. The van der Waals surface area contributed by atoms with Gasteiger partial charge in [0.2, 0.25) is 0 Å². The summed E-state index contributed by atoms with van der Waals surface area (Å²) in [6.07, 6.45) is 7.40. The van der Waals surface area contributed by atoms with Crippen LogP contribution in [0, 0.1) is 5.92 Å². The summed E-state index contributed by atoms with van der Waals surface area (Å²) in [5.74, 6) is -1.68. The van der Waals surface area contributed by atoms with Gasteiger partial charge in [0.1, 0.15) is 0 Å². The molecule has 3 atom stereocenters. The Hall–Kier alpha value is -5.33. The number of amides is 1. The molecular weight excluding hydrogens is 624 g/mol. The number of aliphatic hydroxyl groups excluding tert-OH is 1. The van der Waals surface area contributed by atoms with Crippen LogP contribution < -0.4 is 10.5 Å². The SMILES string of the molecule is COC(=O)CCCCN1C(=O)[C@@](O)([C@@H](C)/C=C/CCn2cc(C(CO)c3ccccc3)nn2)c2cc(-n3[nH]c4ccccc4c3=O)ccc21. The molecule has 0 spiro atoms. The van der Waals surface area contributed by atoms with E-state index in [0.29, 0.717) is 65.9 Å². The highest BCUT2D eigenvalue weighted by Crippen LogP contribution is 2.46. The molecule has 12 heteroatoms. The number of esters is 1. The van der Waals surface area contributed by atoms with E-state index in [4.69, 9.17) is 4.74 Å². The van der Waals surface area contributed by atoms with Crippen LogP contribution in [0.3, 0.4) is 0 Å². The van der Waals surface area contributed by atoms with Crippen molar-refractivity contribution in [1.29, 1.82) is 0 Å². The Balaban J connectivity index is 1.22. The third kappa shape index (κ3) is 6.57. The Labute approximate surface area is 283 Å². The van der Waals surface area contributed by atoms with Crippen molar-refractivity contribution in [2.75, 3.05) is 25.2 Å². The number of aliphatic hydroxyl groups is 2. The number of nitrogens with zero attached hydrogens (tertiary/aromatic N) is 5. The van der Waals surface area contributed by atoms with Gasteiger partial charge in [-0.15, -0.1) is 5.10 Å². The average molecular weight is 665 g/mol. The number of aryl methyl sites for hydroxylation is 1. The van der Waals surface area contributed by atoms with Crippen LogP contribution in [0.15, 0.2) is 95.9 Å². The number of rotatable bonds is 14. The molecule has 1 unspecified atom stereocenters. The fraction of sp³-hybridized carbons (Fsp3) is 0.324. The molecule has 1 amide bonds. The van der Waals surface area contributed by atoms with Gasteiger partial charge in [-0.05, 0) is 55.2 Å². The van der Waals surface area contributed by atoms with Crippen LogP contribution in [0.4, 0.5) is 5.69 Å². The number of methoxy groups -OCH3 is 1. The number of para-hydroxylation sites is 1. The number of unbranched alkanes of at least 4 members (excludes halogenated alkanes) is 1. The third-order valence-corrected chi connectivity index (χ3v) is 9.25. The van der Waals surface area contributed by atoms with Crippen molar-refractivity contribution in [3.05, 3.63) is 118 Å². The number of hydrogen-bond acceptors (Lipinski definition) is 8. The van der Waals surface area contributed by atoms with Gasteiger partial charge in [-0.1, -0.05) is 66.8 Å². The standard InChI is InChI=1S/C37H40N6O6/c1-25(12-8-10-20-41-23-32(38-40-41)29(24-44)26-13-4-3-5-14-26)37(48)30-22-27(43-35(46)28-15-6-7-16-31(28)39-43)18-19-33(30)42(36(37)47)21-11-9-17-34(45)49-2/h3-8,12-16,18-19,22-23,25,29,39,44,48H,9-11,17,20-21,24H2,1-2H3/b12-8+/t25-,29?,37+/m0/s1. The number of fused-ring (bicyclic) bond motifs is 2. The van der Waals surface area contributed by atoms with E-state index < -0.39 is 17.4 Å². The number of benzene rings is 3. The number of aromatic amines is 1. The molecule has 1 aliphatic heterocycles. The van der Waals surface area contributed by atoms with Gasteiger partial charge in [-0.25, -0.2) is 4.68 Å². The largest absolute Gasteiger partial charge is 0.469 e. The van der Waals surface area contributed by atoms with E-state index in [0.717, 1.165) is 5.56 Å². The fourth-order valence-corrected chi connectivity index (χ4v) is 6.46. The number of allylic oxidation sites excluding steroid dienone is 1. The molecule has 0 bridgehead atoms. The number of H-pyrrole nitrogens is 1. The van der Waals surface area contributed by atoms with Gasteiger partial charge < -0.3 is 19.8 Å². The van der Waals surface area contributed by atoms with Gasteiger partial charge in [0, 0.05) is 37.2 Å². The van der Waals surface area contributed by atoms with E-state index in [9.17, 15) is 24.6 Å². The molecule has 5 aromatic rings. The first-order chi connectivity index (χ1) is 23.8. The number of carbonyl (C=O) groups is 2. The van der Waals surface area contributed by atoms with Crippen molar-refractivity contribution in [1.82, 2.24) is 24.8 Å². The molecule has 2 aromatic heterocycles. The van der Waals surface area contributed by atoms with Gasteiger partial charge in [0.05, 0.1) is 47.6 Å². The lowest BCUT2D eigenvalue weighted by molar-refractivity contribution is -0.140. The van der Waals surface area contributed by atoms with Crippen LogP contribution in [-0.4, -0.2) is 67.1 Å². The maximum Gasteiger partial charge on any atom is 0.305 e. The van der Waals surface area contributed by atoms with E-state index in [-0.39, 0.29) is 30.5 Å². The number of nitrogens with one attached hydrogen (secondary N) is 1. The number of anilines is 1. The smallest absolute Gasteiger partial charge is 0.305 e. The second kappa shape index (κ2) is 14.4. The summed E-state index contributed by atoms with van der Waals surface area (Å²) in [4.78, 5) is 40.5. The average Bonchev–Trinajstić information content (AvgIpc) is 3.79. The van der Waals surface area contributed by atoms with E-state index in [1.165, 1.54) is 11.8 Å². The van der Waals surface area contributed by atoms with Crippen molar-refractivity contribution in [2.45, 2.75) is 50.7 Å². The molecule has 49 heavy (non-hydrogen) atoms. The molecule has 0 saturated heterocycles. The zero-order valence-electron chi connectivity index (χ0n) is 27.5. The Kier molecular flexibility index (Phi) is 9.88. The van der Waals surface area contributed by atoms with E-state index >= 15 is 0 Å². The topological polar surface area (TPSA) is 156 Å². The second-order valence-electron chi connectivity index (χ2n) is 12.3. The van der Waals surface area contributed by atoms with Crippen LogP contribution in [0.1, 0.15) is 55.3 Å². The van der Waals surface area contributed by atoms with E-state index in [2.05, 4.69) is 15.4 Å². The maximum atomic E-state index is 14.1. The van der Waals surface area contributed by atoms with Gasteiger partial charge in [0.15, 0.2) is 5.60 Å². The van der Waals surface area contributed by atoms with E-state index in [1.54, 1.807) is 46.8 Å². The Morgan fingerprint density at radius 3 is 2.57 bits per heavy atom. The minimum absolute atomic E-state index is 0.0901. The van der Waals surface area contributed by atoms with Gasteiger partial charge in [-0.2, -0.15) is 0 Å². The highest BCUT2D eigenvalue weighted by Gasteiger charge is 2.52. The summed E-state index contributed by atoms with van der Waals surface area (Å²) in [6.45, 7) is 2.51. The minimum Gasteiger partial charge on any atom is -0.469 e. The first kappa shape index (κ1) is 33.6. The predicted octanol–water partition coefficient (Wildman–Crippen LogP) is 4.19. The molecule has 254 valence electrons. The molecule has 3 heterocycles. The lowest BCUT2D eigenvalue weighted by Crippen LogP contribution is -2.44. The van der Waals surface area contributed by atoms with Crippen LogP contribution in [0.25, 0.3) is 16.6 Å². The zero-order chi connectivity index (χ0) is 34.5. The fourth-order valence-electron chi connectivity index (χ4n) is 6.46. The van der Waals surface area contributed by atoms with E-state index in [1.807, 2.05) is 60.8 Å². The minimum atomic E-state index is -1.90. The first-order valence-corrected chi connectivity index (χ1v) is 16.4. The Bertz CT molecular complexity index is 2030. The highest BCUT2D eigenvalue weighted by molar-refractivity contribution is 6.07. The summed E-state index contributed by atoms with van der Waals surface area (Å²) in [7, 11) is 1.34. The summed E-state index contributed by atoms with van der Waals surface area (Å²) < 4.78 is 7.87. The van der Waals surface area contributed by atoms with Crippen LogP contribution in [0.5, 0.6) is 0 Å². The molecule has 0 aliphatic carbocycles. The third-order valence-electron chi connectivity index (χ3n) is 9.25. The van der Waals surface area contributed by atoms with Gasteiger partial charge >= 0.3 is 5.97 Å². The van der Waals surface area contributed by atoms with Crippen molar-refractivity contribution in [2.24, 2.45) is 5.92 Å². The number of aromatic nitrogens is 5. The zero-order valence-corrected chi connectivity index (χ0v) is 27.5. The normalized spacial score (nSPS) is 17.1. The molecule has 12 nitrogen and oxygen atoms in total. The van der Waals surface area contributed by atoms with Crippen molar-refractivity contribution >= 4 is 28.5 Å². The molecule has 3 aromatic carbocycles. The van der Waals surface area contributed by atoms with Crippen LogP contribution in [-0.2, 0) is 26.5 Å². The molecular formula is C37H40N6O6. The number of carbonyl (C=O) groups excluding carboxylic acids is 2. The monoisotopic (exact) mass is 664 g/mol. The summed E-state index contributed by atoms with van der Waals surface area (Å²) in [5, 5.41) is 34.4. The van der Waals surface area contributed by atoms with Gasteiger partial charge in [0.25, 0.3) is 11.5 Å². The lowest BCUT2D eigenvalue weighted by atomic mass is 9.82. The van der Waals surface area contributed by atoms with Gasteiger partial charge in [-0.3, -0.25) is 24.2 Å². The Morgan fingerprint density at radius 1 is 1.04 bits per heavy atom. The predicted molar refractivity (Wildman–Crippen MR) is 184 cm³/mol. The van der Waals surface area contributed by atoms with Crippen molar-refractivity contribution in [3.63, 3.8) is 0 Å². The summed E-state index contributed by atoms with van der Waals surface area (Å²) in [5.41, 5.74) is 1.63. The van der Waals surface area contributed by atoms with Crippen LogP contribution >= 0.6 is 0 Å². The molecule has 6 rings (SSSR count). The quantitative estimate of drug-likeness (QED) is 0.0907. The number of ether oxygens (including phenoxy) is 1. The molecule has 0 radical (unpaired) electrons. The molecule has 0 fully saturated rings. The Morgan fingerprint density at radius 2 is 1.82 bits per heavy atom. The van der Waals surface area contributed by atoms with Crippen molar-refractivity contribution < 1.29 is 24.5 Å². The van der Waals surface area contributed by atoms with Crippen molar-refractivity contribution in [3.8, 4) is 5.69 Å². The molecule has 0 saturated carbocycles. The molecule has 3 N–H and O–H groups in total. The summed E-state index contributed by atoms with van der Waals surface area (Å²) >= 11 is 0. The number of hydrogen-bond donors (Lipinski definition) is 3. The lowest BCUT2D eigenvalue weighted by Gasteiger charge is -2.28. The first-order valence-electron chi connectivity index (χ1n) is 16.4. The van der Waals surface area contributed by atoms with Crippen LogP contribution in [0.2, 0.25) is 0 Å². The second-order valence-corrected chi connectivity index (χ2v) is 12.3. The molecule has 1 aliphatic rings.